The van der Waals surface area contributed by atoms with Crippen molar-refractivity contribution in [2.24, 2.45) is 0 Å². The molecule has 8 nitrogen and oxygen atoms in total. The van der Waals surface area contributed by atoms with Crippen molar-refractivity contribution in [2.45, 2.75) is 12.6 Å². The van der Waals surface area contributed by atoms with E-state index in [1.165, 1.54) is 37.3 Å². The minimum absolute atomic E-state index is 0.159. The third kappa shape index (κ3) is 6.92. The second-order valence-corrected chi connectivity index (χ2v) is 6.78. The van der Waals surface area contributed by atoms with Crippen LogP contribution >= 0.6 is 0 Å². The number of benzene rings is 2. The summed E-state index contributed by atoms with van der Waals surface area (Å²) >= 11 is 0. The minimum atomic E-state index is -4.48. The molecule has 174 valence electrons. The van der Waals surface area contributed by atoms with Gasteiger partial charge in [0, 0.05) is 31.5 Å². The van der Waals surface area contributed by atoms with E-state index in [0.717, 1.165) is 18.2 Å². The highest BCUT2D eigenvalue weighted by Crippen LogP contribution is 2.30. The molecule has 0 saturated heterocycles. The van der Waals surface area contributed by atoms with Gasteiger partial charge >= 0.3 is 12.2 Å². The summed E-state index contributed by atoms with van der Waals surface area (Å²) in [6, 6.07) is 8.78. The van der Waals surface area contributed by atoms with Crippen molar-refractivity contribution >= 4 is 35.4 Å². The highest BCUT2D eigenvalue weighted by atomic mass is 19.4. The van der Waals surface area contributed by atoms with Crippen LogP contribution in [0.4, 0.5) is 29.3 Å². The summed E-state index contributed by atoms with van der Waals surface area (Å²) < 4.78 is 38.2. The highest BCUT2D eigenvalue weighted by Gasteiger charge is 2.30. The van der Waals surface area contributed by atoms with Gasteiger partial charge in [0.1, 0.15) is 5.84 Å². The molecule has 0 aromatic heterocycles. The van der Waals surface area contributed by atoms with E-state index in [1.807, 2.05) is 0 Å². The van der Waals surface area contributed by atoms with E-state index < -0.39 is 23.7 Å². The molecule has 3 amide bonds. The lowest BCUT2D eigenvalue weighted by Gasteiger charge is -2.20. The fraction of sp³-hybridized carbons (Fsp3) is 0.182. The number of aldehydes is 1. The second-order valence-electron chi connectivity index (χ2n) is 6.78. The summed E-state index contributed by atoms with van der Waals surface area (Å²) in [5.41, 5.74) is 0.170. The topological polar surface area (TPSA) is 114 Å². The van der Waals surface area contributed by atoms with Crippen LogP contribution in [0.15, 0.2) is 54.7 Å². The number of hydrogen-bond donors (Lipinski definition) is 4. The largest absolute Gasteiger partial charge is 0.416 e. The van der Waals surface area contributed by atoms with E-state index in [0.29, 0.717) is 17.5 Å². The number of hydrogen-bond acceptors (Lipinski definition) is 5. The predicted octanol–water partition coefficient (Wildman–Crippen LogP) is 3.56. The smallest absolute Gasteiger partial charge is 0.362 e. The van der Waals surface area contributed by atoms with E-state index in [1.54, 1.807) is 18.2 Å². The Bertz CT molecular complexity index is 1080. The lowest BCUT2D eigenvalue weighted by atomic mass is 10.0. The zero-order valence-electron chi connectivity index (χ0n) is 17.8. The molecule has 0 aliphatic heterocycles. The van der Waals surface area contributed by atoms with Crippen molar-refractivity contribution in [3.63, 3.8) is 0 Å². The average molecular weight is 461 g/mol. The van der Waals surface area contributed by atoms with Gasteiger partial charge in [0.15, 0.2) is 6.29 Å². The molecular weight excluding hydrogens is 439 g/mol. The lowest BCUT2D eigenvalue weighted by Crippen LogP contribution is -2.35. The molecule has 0 atom stereocenters. The number of carbonyl (C=O) groups excluding carboxylic acids is 3. The molecule has 2 aromatic rings. The number of halogens is 3. The molecule has 0 fully saturated rings. The number of nitrogens with one attached hydrogen (secondary N) is 4. The quantitative estimate of drug-likeness (QED) is 0.287. The molecule has 11 heteroatoms. The van der Waals surface area contributed by atoms with Crippen molar-refractivity contribution < 1.29 is 27.6 Å². The summed E-state index contributed by atoms with van der Waals surface area (Å²) in [6.45, 7) is 0. The zero-order chi connectivity index (χ0) is 24.6. The van der Waals surface area contributed by atoms with Crippen LogP contribution in [-0.2, 0) is 17.4 Å². The van der Waals surface area contributed by atoms with E-state index >= 15 is 0 Å². The van der Waals surface area contributed by atoms with Crippen LogP contribution < -0.4 is 20.9 Å². The number of alkyl halides is 3. The van der Waals surface area contributed by atoms with Crippen LogP contribution in [0.25, 0.3) is 0 Å². The monoisotopic (exact) mass is 461 g/mol. The zero-order valence-corrected chi connectivity index (χ0v) is 17.8. The Morgan fingerprint density at radius 2 is 1.85 bits per heavy atom. The number of urea groups is 1. The molecule has 0 bridgehead atoms. The maximum atomic E-state index is 12.7. The highest BCUT2D eigenvalue weighted by molar-refractivity contribution is 6.04. The minimum Gasteiger partial charge on any atom is -0.362 e. The summed E-state index contributed by atoms with van der Waals surface area (Å²) in [5.74, 6) is -0.905. The summed E-state index contributed by atoms with van der Waals surface area (Å²) in [6.07, 6.45) is -1.79. The SMILES string of the molecule is CNC(=O)N(C)c1cccc(CC(=O)NC(=N)/C=C\Nc2cccc(C(F)(F)F)c2)c1C=O. The van der Waals surface area contributed by atoms with Gasteiger partial charge in [0.05, 0.1) is 17.7 Å². The Balaban J connectivity index is 2.01. The number of rotatable bonds is 7. The molecule has 0 aliphatic rings. The van der Waals surface area contributed by atoms with Crippen LogP contribution in [0.1, 0.15) is 21.5 Å². The molecule has 0 unspecified atom stereocenters. The molecule has 33 heavy (non-hydrogen) atoms. The van der Waals surface area contributed by atoms with Gasteiger partial charge in [-0.3, -0.25) is 19.9 Å². The summed E-state index contributed by atoms with van der Waals surface area (Å²) in [7, 11) is 2.92. The van der Waals surface area contributed by atoms with Crippen LogP contribution in [0, 0.1) is 5.41 Å². The van der Waals surface area contributed by atoms with Crippen molar-refractivity contribution in [1.82, 2.24) is 10.6 Å². The fourth-order valence-electron chi connectivity index (χ4n) is 2.87. The number of nitrogens with zero attached hydrogens (tertiary/aromatic N) is 1. The van der Waals surface area contributed by atoms with Crippen molar-refractivity contribution in [1.29, 1.82) is 5.41 Å². The molecule has 0 aliphatic carbocycles. The van der Waals surface area contributed by atoms with Gasteiger partial charge in [0.25, 0.3) is 0 Å². The number of amides is 3. The predicted molar refractivity (Wildman–Crippen MR) is 118 cm³/mol. The summed E-state index contributed by atoms with van der Waals surface area (Å²) in [5, 5.41) is 15.2. The van der Waals surface area contributed by atoms with Gasteiger partial charge in [-0.25, -0.2) is 4.79 Å². The molecule has 2 aromatic carbocycles. The third-order valence-corrected chi connectivity index (χ3v) is 4.49. The van der Waals surface area contributed by atoms with E-state index in [2.05, 4.69) is 16.0 Å². The van der Waals surface area contributed by atoms with Gasteiger partial charge in [0.2, 0.25) is 5.91 Å². The first kappa shape index (κ1) is 25.1. The van der Waals surface area contributed by atoms with Crippen molar-refractivity contribution in [2.75, 3.05) is 24.3 Å². The second kappa shape index (κ2) is 10.9. The summed E-state index contributed by atoms with van der Waals surface area (Å²) in [4.78, 5) is 37.0. The van der Waals surface area contributed by atoms with Gasteiger partial charge in [-0.15, -0.1) is 0 Å². The Morgan fingerprint density at radius 3 is 2.48 bits per heavy atom. The Hall–Kier alpha value is -4.15. The number of amidine groups is 1. The first-order valence-corrected chi connectivity index (χ1v) is 9.58. The molecule has 0 spiro atoms. The van der Waals surface area contributed by atoms with Crippen molar-refractivity contribution in [3.8, 4) is 0 Å². The fourth-order valence-corrected chi connectivity index (χ4v) is 2.87. The van der Waals surface area contributed by atoms with Crippen LogP contribution in [0.2, 0.25) is 0 Å². The van der Waals surface area contributed by atoms with Crippen LogP contribution in [-0.4, -0.2) is 38.2 Å². The van der Waals surface area contributed by atoms with Crippen LogP contribution in [0.3, 0.4) is 0 Å². The maximum absolute atomic E-state index is 12.7. The Morgan fingerprint density at radius 1 is 1.15 bits per heavy atom. The normalized spacial score (nSPS) is 11.1. The first-order valence-electron chi connectivity index (χ1n) is 9.58. The molecule has 0 heterocycles. The molecule has 4 N–H and O–H groups in total. The van der Waals surface area contributed by atoms with E-state index in [-0.39, 0.29) is 23.5 Å². The first-order chi connectivity index (χ1) is 15.6. The average Bonchev–Trinajstić information content (AvgIpc) is 2.77. The van der Waals surface area contributed by atoms with Gasteiger partial charge in [-0.05, 0) is 35.9 Å². The molecule has 0 saturated carbocycles. The molecular formula is C22H22F3N5O3. The number of anilines is 2. The number of carbonyl (C=O) groups is 3. The molecule has 2 rings (SSSR count). The maximum Gasteiger partial charge on any atom is 0.416 e. The third-order valence-electron chi connectivity index (χ3n) is 4.49. The van der Waals surface area contributed by atoms with E-state index in [4.69, 9.17) is 5.41 Å². The van der Waals surface area contributed by atoms with Gasteiger partial charge < -0.3 is 16.0 Å². The lowest BCUT2D eigenvalue weighted by molar-refractivity contribution is -0.137. The van der Waals surface area contributed by atoms with Crippen molar-refractivity contribution in [3.05, 3.63) is 71.4 Å². The van der Waals surface area contributed by atoms with Gasteiger partial charge in [-0.1, -0.05) is 18.2 Å². The Kier molecular flexibility index (Phi) is 8.32. The molecule has 0 radical (unpaired) electrons. The van der Waals surface area contributed by atoms with E-state index in [9.17, 15) is 27.6 Å². The van der Waals surface area contributed by atoms with Gasteiger partial charge in [-0.2, -0.15) is 13.2 Å². The Labute approximate surface area is 188 Å². The standard InChI is InChI=1S/C22H22F3N5O3/c1-27-21(33)30(2)18-8-3-5-14(17(18)13-31)11-20(32)29-19(26)9-10-28-16-7-4-6-15(12-16)22(23,24)25/h3-10,12-13,28H,11H2,1-2H3,(H,27,33)(H2,26,29,32)/b10-9-. The van der Waals surface area contributed by atoms with Crippen LogP contribution in [0.5, 0.6) is 0 Å².